The molecule has 21 nitrogen and oxygen atoms in total. The number of urea groups is 2. The minimum atomic E-state index is -3.30. The highest BCUT2D eigenvalue weighted by Crippen LogP contribution is 2.39. The Bertz CT molecular complexity index is 3350. The number of nitrogen functional groups attached to an aromatic ring is 1. The van der Waals surface area contributed by atoms with Gasteiger partial charge in [-0.25, -0.2) is 56.3 Å². The monoisotopic (exact) mass is 1340 g/mol. The maximum absolute atomic E-state index is 14.2. The summed E-state index contributed by atoms with van der Waals surface area (Å²) in [7, 11) is 0. The Morgan fingerprint density at radius 1 is 0.649 bits per heavy atom. The van der Waals surface area contributed by atoms with Gasteiger partial charge in [-0.3, -0.25) is 29.1 Å². The summed E-state index contributed by atoms with van der Waals surface area (Å²) in [5.74, 6) is -15.4. The molecule has 2 aromatic heterocycles. The fraction of sp³-hybridized carbons (Fsp3) is 0.530. The molecule has 28 heteroatoms. The van der Waals surface area contributed by atoms with Crippen LogP contribution in [0.25, 0.3) is 0 Å². The fourth-order valence-electron chi connectivity index (χ4n) is 13.0. The van der Waals surface area contributed by atoms with Crippen LogP contribution in [0.15, 0.2) is 91.4 Å². The smallest absolute Gasteiger partial charge is 0.394 e. The van der Waals surface area contributed by atoms with Gasteiger partial charge in [-0.05, 0) is 147 Å². The molecular formula is C66H79ClF6N8O13. The Labute approximate surface area is 544 Å². The second-order valence-corrected chi connectivity index (χ2v) is 25.2. The molecule has 0 unspecified atom stereocenters. The number of ether oxygens (including phenoxy) is 2. The summed E-state index contributed by atoms with van der Waals surface area (Å²) in [6.07, 6.45) is 9.60. The number of aryl methyl sites for hydroxylation is 1. The number of aromatic nitrogens is 2. The minimum absolute atomic E-state index is 0.00494. The summed E-state index contributed by atoms with van der Waals surface area (Å²) in [6, 6.07) is 10.8. The molecule has 9 atom stereocenters. The van der Waals surface area contributed by atoms with E-state index in [9.17, 15) is 79.7 Å². The maximum Gasteiger partial charge on any atom is 0.394 e. The average molecular weight is 1340 g/mol. The molecule has 5 aliphatic rings. The molecule has 8 amide bonds. The number of alkyl halides is 6. The molecule has 0 spiro atoms. The number of hydrogen-bond donors (Lipinski definition) is 5. The molecule has 5 heterocycles. The van der Waals surface area contributed by atoms with Crippen molar-refractivity contribution in [3.05, 3.63) is 119 Å². The number of carboxylic acids is 2. The van der Waals surface area contributed by atoms with Gasteiger partial charge in [0.25, 0.3) is 11.8 Å². The zero-order chi connectivity index (χ0) is 69.0. The number of carbonyl (C=O) groups is 9. The molecular weight excluding hydrogens is 1260 g/mol. The van der Waals surface area contributed by atoms with Gasteiger partial charge in [-0.1, -0.05) is 81.3 Å². The lowest BCUT2D eigenvalue weighted by molar-refractivity contribution is -0.179. The number of benzene rings is 2. The first-order valence-corrected chi connectivity index (χ1v) is 31.7. The number of carbonyl (C=O) groups excluding carboxylic acids is 7. The van der Waals surface area contributed by atoms with Gasteiger partial charge in [0.1, 0.15) is 17.6 Å². The summed E-state index contributed by atoms with van der Waals surface area (Å²) in [5, 5.41) is 24.2. The van der Waals surface area contributed by atoms with E-state index in [-0.39, 0.29) is 49.8 Å². The van der Waals surface area contributed by atoms with Crippen molar-refractivity contribution in [3.8, 4) is 5.75 Å². The van der Waals surface area contributed by atoms with E-state index in [2.05, 4.69) is 25.3 Å². The van der Waals surface area contributed by atoms with Crippen molar-refractivity contribution in [2.45, 2.75) is 185 Å². The van der Waals surface area contributed by atoms with Gasteiger partial charge in [0.05, 0.1) is 36.4 Å². The summed E-state index contributed by atoms with van der Waals surface area (Å²) in [4.78, 5) is 122. The first-order chi connectivity index (χ1) is 44.3. The SMILES string of the molecule is CC(F)(F)[C@@H](NC(=O)N1C(=O)[C@H](CCc2cccc(Cl)c2)[C@H]1C(=O)O)C1CCCCC1.CC(F)(F)[C@@H](NC(=O)N1C(=O)[C@H](Cc2ccncc2)[C@H]1C(=O)O)C1CCCCC1.CCOC(=O)[C@@H]1[C@@H](Cc2ccnc(N)c2)C(=O)N1C(=O)C[C@H](C)c1ccc(OC(C)(F)F)cc1. The molecule has 4 aromatic rings. The number of imide groups is 3. The molecule has 3 aliphatic heterocycles. The number of carboxylic acid groups (broad SMARTS) is 2. The number of amides is 8. The summed E-state index contributed by atoms with van der Waals surface area (Å²) >= 11 is 5.95. The number of likely N-dealkylation sites (tertiary alicyclic amines) is 3. The number of nitrogens with one attached hydrogen (secondary N) is 2. The Kier molecular flexibility index (Phi) is 24.6. The number of nitrogens with two attached hydrogens (primary N) is 1. The van der Waals surface area contributed by atoms with Crippen LogP contribution in [0.4, 0.5) is 41.7 Å². The highest BCUT2D eigenvalue weighted by molar-refractivity contribution is 6.30. The summed E-state index contributed by atoms with van der Waals surface area (Å²) in [5.41, 5.74) is 8.68. The van der Waals surface area contributed by atoms with Crippen molar-refractivity contribution in [3.63, 3.8) is 0 Å². The third kappa shape index (κ3) is 18.7. The standard InChI is InChI=1S/C24H27F2N3O5.C22H27ClF2N2O4.C20H25F2N3O4/c1-4-33-23(32)21-18(12-15-9-10-28-19(27)13-15)22(31)29(21)20(30)11-14(2)16-5-7-17(8-6-16)34-24(3,25)26;1-22(24,25)18(14-7-3-2-4-8-14)26-21(31)27-17(20(29)30)16(19(27)28)11-10-13-6-5-9-15(23)12-13;1-20(21,22)16(13-5-3-2-4-6-13)24-19(29)25-15(18(27)28)14(17(25)26)11-12-7-9-23-10-8-12/h5-10,13-14,18,21H,4,11-12H2,1-3H3,(H2,27,28);5-6,9,12,14,16-18H,2-4,7-8,10-11H2,1H3,(H,26,31)(H,29,30);7-10,13-16H,2-6,11H2,1H3,(H,24,29)(H,27,28)/t14-,18+,21-;16-,17+,18+;14-,15+,16+/m011/s1. The van der Waals surface area contributed by atoms with Crippen molar-refractivity contribution in [1.29, 1.82) is 0 Å². The van der Waals surface area contributed by atoms with E-state index >= 15 is 0 Å². The lowest BCUT2D eigenvalue weighted by Gasteiger charge is -2.44. The predicted octanol–water partition coefficient (Wildman–Crippen LogP) is 10.7. The van der Waals surface area contributed by atoms with Gasteiger partial charge < -0.3 is 36.1 Å². The van der Waals surface area contributed by atoms with Crippen LogP contribution >= 0.6 is 11.6 Å². The summed E-state index contributed by atoms with van der Waals surface area (Å²) in [6.45, 7) is 5.65. The number of aliphatic carboxylic acids is 2. The lowest BCUT2D eigenvalue weighted by atomic mass is 9.81. The molecule has 2 aliphatic carbocycles. The van der Waals surface area contributed by atoms with E-state index < -0.39 is 131 Å². The second-order valence-electron chi connectivity index (χ2n) is 24.8. The Balaban J connectivity index is 0.000000200. The van der Waals surface area contributed by atoms with Crippen LogP contribution in [-0.4, -0.2) is 143 Å². The average Bonchev–Trinajstić information content (AvgIpc) is 0.765. The number of halogens is 7. The molecule has 6 N–H and O–H groups in total. The van der Waals surface area contributed by atoms with Gasteiger partial charge in [-0.2, -0.15) is 8.78 Å². The second kappa shape index (κ2) is 31.7. The normalized spacial score (nSPS) is 21.8. The lowest BCUT2D eigenvalue weighted by Crippen LogP contribution is -2.70. The first-order valence-electron chi connectivity index (χ1n) is 31.3. The quantitative estimate of drug-likeness (QED) is 0.0278. The van der Waals surface area contributed by atoms with E-state index in [4.69, 9.17) is 22.1 Å². The molecule has 2 saturated carbocycles. The van der Waals surface area contributed by atoms with E-state index in [1.165, 1.54) is 30.7 Å². The van der Waals surface area contributed by atoms with Gasteiger partial charge in [-0.15, -0.1) is 0 Å². The summed E-state index contributed by atoms with van der Waals surface area (Å²) < 4.78 is 92.5. The Hall–Kier alpha value is -8.36. The molecule has 5 fully saturated rings. The predicted molar refractivity (Wildman–Crippen MR) is 329 cm³/mol. The Morgan fingerprint density at radius 2 is 1.14 bits per heavy atom. The maximum atomic E-state index is 14.2. The molecule has 0 radical (unpaired) electrons. The first kappa shape index (κ1) is 73.1. The highest BCUT2D eigenvalue weighted by Gasteiger charge is 2.58. The van der Waals surface area contributed by atoms with Crippen molar-refractivity contribution in [1.82, 2.24) is 35.3 Å². The zero-order valence-electron chi connectivity index (χ0n) is 52.7. The molecule has 510 valence electrons. The van der Waals surface area contributed by atoms with E-state index in [0.29, 0.717) is 65.0 Å². The minimum Gasteiger partial charge on any atom is -0.480 e. The molecule has 0 bridgehead atoms. The van der Waals surface area contributed by atoms with Crippen molar-refractivity contribution < 1.29 is 89.2 Å². The van der Waals surface area contributed by atoms with E-state index in [1.54, 1.807) is 68.4 Å². The van der Waals surface area contributed by atoms with Crippen LogP contribution in [0.1, 0.15) is 140 Å². The highest BCUT2D eigenvalue weighted by atomic mass is 35.5. The van der Waals surface area contributed by atoms with Crippen molar-refractivity contribution in [2.24, 2.45) is 29.6 Å². The van der Waals surface area contributed by atoms with Crippen LogP contribution in [0.3, 0.4) is 0 Å². The third-order valence-corrected chi connectivity index (χ3v) is 17.9. The zero-order valence-corrected chi connectivity index (χ0v) is 53.4. The number of pyridine rings is 2. The van der Waals surface area contributed by atoms with Gasteiger partial charge in [0.2, 0.25) is 23.6 Å². The molecule has 2 aromatic carbocycles. The number of nitrogens with zero attached hydrogens (tertiary/aromatic N) is 5. The molecule has 94 heavy (non-hydrogen) atoms. The van der Waals surface area contributed by atoms with Crippen molar-refractivity contribution >= 4 is 71.0 Å². The largest absolute Gasteiger partial charge is 0.480 e. The van der Waals surface area contributed by atoms with Crippen molar-refractivity contribution in [2.75, 3.05) is 12.3 Å². The van der Waals surface area contributed by atoms with Gasteiger partial charge >= 0.3 is 36.1 Å². The number of hydrogen-bond acceptors (Lipinski definition) is 14. The number of rotatable bonds is 22. The van der Waals surface area contributed by atoms with Crippen LogP contribution in [0.2, 0.25) is 5.02 Å². The van der Waals surface area contributed by atoms with Crippen LogP contribution in [0, 0.1) is 29.6 Å². The van der Waals surface area contributed by atoms with Crippen LogP contribution in [-0.2, 0) is 57.6 Å². The van der Waals surface area contributed by atoms with E-state index in [1.807, 2.05) is 6.07 Å². The number of anilines is 1. The number of β-lactam (4-membered cyclic amide) rings is 3. The van der Waals surface area contributed by atoms with Gasteiger partial charge in [0, 0.05) is 50.8 Å². The third-order valence-electron chi connectivity index (χ3n) is 17.6. The topological polar surface area (TPSA) is 298 Å². The molecule has 3 saturated heterocycles. The molecule has 9 rings (SSSR count). The van der Waals surface area contributed by atoms with Crippen LogP contribution < -0.4 is 21.1 Å². The Morgan fingerprint density at radius 3 is 1.63 bits per heavy atom. The fourth-order valence-corrected chi connectivity index (χ4v) is 13.2. The number of esters is 1. The van der Waals surface area contributed by atoms with E-state index in [0.717, 1.165) is 68.4 Å². The van der Waals surface area contributed by atoms with Crippen LogP contribution in [0.5, 0.6) is 5.75 Å². The van der Waals surface area contributed by atoms with Gasteiger partial charge in [0.15, 0.2) is 12.1 Å².